The molecule has 6 nitrogen and oxygen atoms in total. The summed E-state index contributed by atoms with van der Waals surface area (Å²) in [4.78, 5) is 0. The molecule has 0 spiro atoms. The van der Waals surface area contributed by atoms with E-state index in [0.29, 0.717) is 18.7 Å². The minimum absolute atomic E-state index is 0.0866. The second kappa shape index (κ2) is 9.63. The minimum Gasteiger partial charge on any atom is -0.397 e. The molecule has 0 saturated heterocycles. The molecule has 0 amide bonds. The number of nitrogen functional groups attached to an aromatic ring is 1. The molecule has 6 heteroatoms. The van der Waals surface area contributed by atoms with Crippen LogP contribution in [0.2, 0.25) is 0 Å². The third-order valence-corrected chi connectivity index (χ3v) is 3.87. The monoisotopic (exact) mass is 311 g/mol. The zero-order valence-electron chi connectivity index (χ0n) is 13.4. The quantitative estimate of drug-likeness (QED) is 0.278. The summed E-state index contributed by atoms with van der Waals surface area (Å²) in [6.07, 6.45) is 0.779. The highest BCUT2D eigenvalue weighted by Gasteiger charge is 2.17. The molecule has 0 radical (unpaired) electrons. The maximum Gasteiger partial charge on any atom is 0.107 e. The van der Waals surface area contributed by atoms with Crippen molar-refractivity contribution in [1.82, 2.24) is 5.32 Å². The zero-order valence-corrected chi connectivity index (χ0v) is 13.4. The van der Waals surface area contributed by atoms with Crippen LogP contribution in [0.1, 0.15) is 25.8 Å². The van der Waals surface area contributed by atoms with E-state index >= 15 is 0 Å². The highest BCUT2D eigenvalue weighted by atomic mass is 16.3. The fourth-order valence-electron chi connectivity index (χ4n) is 2.08. The summed E-state index contributed by atoms with van der Waals surface area (Å²) in [5.41, 5.74) is 8.30. The second-order valence-electron chi connectivity index (χ2n) is 5.65. The molecule has 0 fully saturated rings. The van der Waals surface area contributed by atoms with E-state index in [4.69, 9.17) is 10.8 Å². The van der Waals surface area contributed by atoms with Gasteiger partial charge < -0.3 is 26.4 Å². The number of rotatable bonds is 10. The Hall–Kier alpha value is -1.34. The van der Waals surface area contributed by atoms with Gasteiger partial charge >= 0.3 is 0 Å². The first-order chi connectivity index (χ1) is 10.5. The molecule has 0 aliphatic heterocycles. The Morgan fingerprint density at radius 3 is 2.59 bits per heavy atom. The largest absolute Gasteiger partial charge is 0.397 e. The van der Waals surface area contributed by atoms with Crippen LogP contribution in [0, 0.1) is 5.92 Å². The van der Waals surface area contributed by atoms with Gasteiger partial charge in [-0.1, -0.05) is 19.9 Å². The first kappa shape index (κ1) is 18.7. The maximum atomic E-state index is 9.98. The van der Waals surface area contributed by atoms with Gasteiger partial charge in [0.25, 0.3) is 0 Å². The van der Waals surface area contributed by atoms with Crippen LogP contribution in [0.5, 0.6) is 0 Å². The summed E-state index contributed by atoms with van der Waals surface area (Å²) in [5.74, 6) is 0.118. The van der Waals surface area contributed by atoms with Crippen LogP contribution in [-0.4, -0.2) is 47.3 Å². The fraction of sp³-hybridized carbons (Fsp3) is 0.625. The normalized spacial score (nSPS) is 15.3. The van der Waals surface area contributed by atoms with E-state index < -0.39 is 6.23 Å². The predicted molar refractivity (Wildman–Crippen MR) is 89.6 cm³/mol. The van der Waals surface area contributed by atoms with Crippen molar-refractivity contribution in [3.8, 4) is 0 Å². The van der Waals surface area contributed by atoms with Gasteiger partial charge in [0.05, 0.1) is 18.0 Å². The van der Waals surface area contributed by atoms with Crippen molar-refractivity contribution in [3.05, 3.63) is 23.8 Å². The number of hydrogen-bond acceptors (Lipinski definition) is 6. The first-order valence-corrected chi connectivity index (χ1v) is 7.79. The summed E-state index contributed by atoms with van der Waals surface area (Å²) in [7, 11) is 0. The first-order valence-electron chi connectivity index (χ1n) is 7.79. The number of aliphatic hydroxyl groups excluding tert-OH is 3. The molecule has 126 valence electrons. The van der Waals surface area contributed by atoms with Crippen molar-refractivity contribution < 1.29 is 15.3 Å². The Bertz CT molecular complexity index is 443. The van der Waals surface area contributed by atoms with Gasteiger partial charge in [-0.3, -0.25) is 5.32 Å². The average Bonchev–Trinajstić information content (AvgIpc) is 2.53. The maximum absolute atomic E-state index is 9.98. The molecule has 0 aliphatic rings. The number of nitrogens with two attached hydrogens (primary N) is 1. The summed E-state index contributed by atoms with van der Waals surface area (Å²) >= 11 is 0. The topological polar surface area (TPSA) is 111 Å². The summed E-state index contributed by atoms with van der Waals surface area (Å²) in [6, 6.07) is 5.30. The molecule has 0 saturated carbocycles. The molecule has 0 aliphatic carbocycles. The van der Waals surface area contributed by atoms with Crippen LogP contribution in [0.4, 0.5) is 11.4 Å². The van der Waals surface area contributed by atoms with Crippen molar-refractivity contribution in [1.29, 1.82) is 0 Å². The number of anilines is 2. The van der Waals surface area contributed by atoms with Crippen molar-refractivity contribution in [2.24, 2.45) is 5.92 Å². The molecule has 0 bridgehead atoms. The van der Waals surface area contributed by atoms with E-state index in [2.05, 4.69) is 10.6 Å². The summed E-state index contributed by atoms with van der Waals surface area (Å²) < 4.78 is 0. The predicted octanol–water partition coefficient (Wildman–Crippen LogP) is 0.530. The van der Waals surface area contributed by atoms with Crippen LogP contribution in [-0.2, 0) is 6.42 Å². The van der Waals surface area contributed by atoms with Crippen molar-refractivity contribution in [2.75, 3.05) is 30.8 Å². The van der Waals surface area contributed by atoms with Gasteiger partial charge in [0.15, 0.2) is 0 Å². The third kappa shape index (κ3) is 5.81. The molecule has 3 unspecified atom stereocenters. The Kier molecular flexibility index (Phi) is 8.19. The van der Waals surface area contributed by atoms with Crippen molar-refractivity contribution >= 4 is 11.4 Å². The van der Waals surface area contributed by atoms with Gasteiger partial charge in [-0.05, 0) is 36.5 Å². The third-order valence-electron chi connectivity index (χ3n) is 3.87. The Morgan fingerprint density at radius 1 is 1.27 bits per heavy atom. The zero-order chi connectivity index (χ0) is 16.5. The van der Waals surface area contributed by atoms with E-state index in [1.807, 2.05) is 26.0 Å². The lowest BCUT2D eigenvalue weighted by molar-refractivity contribution is 0.0596. The molecular weight excluding hydrogens is 282 g/mol. The highest BCUT2D eigenvalue weighted by Crippen LogP contribution is 2.20. The van der Waals surface area contributed by atoms with E-state index in [9.17, 15) is 10.2 Å². The van der Waals surface area contributed by atoms with E-state index in [0.717, 1.165) is 17.7 Å². The van der Waals surface area contributed by atoms with Crippen molar-refractivity contribution in [2.45, 2.75) is 39.0 Å². The number of nitrogens with one attached hydrogen (secondary N) is 2. The van der Waals surface area contributed by atoms with Gasteiger partial charge in [0.2, 0.25) is 0 Å². The second-order valence-corrected chi connectivity index (χ2v) is 5.65. The van der Waals surface area contributed by atoms with Crippen LogP contribution in [0.15, 0.2) is 18.2 Å². The van der Waals surface area contributed by atoms with E-state index in [-0.39, 0.29) is 25.2 Å². The Balaban J connectivity index is 2.60. The van der Waals surface area contributed by atoms with Crippen LogP contribution in [0.3, 0.4) is 0 Å². The van der Waals surface area contributed by atoms with E-state index in [1.165, 1.54) is 0 Å². The van der Waals surface area contributed by atoms with Gasteiger partial charge in [-0.25, -0.2) is 0 Å². The molecule has 0 heterocycles. The lowest BCUT2D eigenvalue weighted by atomic mass is 10.1. The van der Waals surface area contributed by atoms with Crippen LogP contribution >= 0.6 is 0 Å². The van der Waals surface area contributed by atoms with Gasteiger partial charge in [0.1, 0.15) is 6.23 Å². The smallest absolute Gasteiger partial charge is 0.107 e. The van der Waals surface area contributed by atoms with Gasteiger partial charge in [-0.15, -0.1) is 0 Å². The van der Waals surface area contributed by atoms with Gasteiger partial charge in [0, 0.05) is 19.2 Å². The molecule has 1 rings (SSSR count). The Morgan fingerprint density at radius 2 is 2.00 bits per heavy atom. The average molecular weight is 311 g/mol. The molecule has 1 aromatic carbocycles. The highest BCUT2D eigenvalue weighted by molar-refractivity contribution is 5.67. The minimum atomic E-state index is -0.651. The molecule has 3 atom stereocenters. The van der Waals surface area contributed by atoms with E-state index in [1.54, 1.807) is 6.07 Å². The van der Waals surface area contributed by atoms with Crippen LogP contribution in [0.25, 0.3) is 0 Å². The van der Waals surface area contributed by atoms with Crippen molar-refractivity contribution in [3.63, 3.8) is 0 Å². The summed E-state index contributed by atoms with van der Waals surface area (Å²) in [5, 5.41) is 34.6. The standard InChI is InChI=1S/C16H29N3O3/c1-3-11(2)16(22)19-13(10-21)9-18-15-8-12(6-7-20)4-5-14(15)17/h4-5,8,11,13,16,18-22H,3,6-7,9-10,17H2,1-2H3. The lowest BCUT2D eigenvalue weighted by Gasteiger charge is -2.25. The number of benzene rings is 1. The number of aliphatic hydroxyl groups is 3. The summed E-state index contributed by atoms with van der Waals surface area (Å²) in [6.45, 7) is 4.41. The molecule has 7 N–H and O–H groups in total. The molecular formula is C16H29N3O3. The Labute approximate surface area is 132 Å². The molecule has 1 aromatic rings. The SMILES string of the molecule is CCC(C)C(O)NC(CO)CNc1cc(CCO)ccc1N. The van der Waals surface area contributed by atoms with Gasteiger partial charge in [-0.2, -0.15) is 0 Å². The number of hydrogen-bond donors (Lipinski definition) is 6. The van der Waals surface area contributed by atoms with Crippen LogP contribution < -0.4 is 16.4 Å². The lowest BCUT2D eigenvalue weighted by Crippen LogP contribution is -2.47. The molecule has 0 aromatic heterocycles. The molecule has 22 heavy (non-hydrogen) atoms. The fourth-order valence-corrected chi connectivity index (χ4v) is 2.08.